The van der Waals surface area contributed by atoms with E-state index in [1.807, 2.05) is 6.92 Å². The van der Waals surface area contributed by atoms with Crippen LogP contribution in [0.4, 0.5) is 26.7 Å². The van der Waals surface area contributed by atoms with E-state index < -0.39 is 86.1 Å². The van der Waals surface area contributed by atoms with Gasteiger partial charge in [-0.15, -0.1) is 11.8 Å². The highest BCUT2D eigenvalue weighted by Crippen LogP contribution is 2.52. The smallest absolute Gasteiger partial charge is 0.410 e. The number of carbonyl (C=O) groups excluding carboxylic acids is 5. The number of benzene rings is 3. The summed E-state index contributed by atoms with van der Waals surface area (Å²) in [7, 11) is 0. The predicted octanol–water partition coefficient (Wildman–Crippen LogP) is 4.91. The molecule has 0 bridgehead atoms. The molecule has 4 aliphatic rings. The Morgan fingerprint density at radius 2 is 1.20 bits per heavy atom. The fourth-order valence-electron chi connectivity index (χ4n) is 8.62. The fourth-order valence-corrected chi connectivity index (χ4v) is 10.1. The number of esters is 1. The van der Waals surface area contributed by atoms with Crippen molar-refractivity contribution in [2.75, 3.05) is 26.2 Å². The van der Waals surface area contributed by atoms with Crippen LogP contribution in [0, 0.1) is 42.2 Å². The lowest BCUT2D eigenvalue weighted by atomic mass is 9.79. The number of nitro benzene ring substituents is 3. The van der Waals surface area contributed by atoms with Crippen LogP contribution in [-0.4, -0.2) is 125 Å². The number of non-ortho nitro benzene ring substituents is 3. The van der Waals surface area contributed by atoms with Crippen molar-refractivity contribution in [3.8, 4) is 0 Å². The third-order valence-electron chi connectivity index (χ3n) is 12.1. The number of ether oxygens (including phenoxy) is 3. The van der Waals surface area contributed by atoms with Crippen molar-refractivity contribution in [3.63, 3.8) is 0 Å². The zero-order chi connectivity index (χ0) is 47.6. The molecule has 3 aromatic carbocycles. The molecule has 348 valence electrons. The Hall–Kier alpha value is -7.14. The van der Waals surface area contributed by atoms with E-state index in [0.717, 1.165) is 0 Å². The fraction of sp³-hybridized carbons (Fsp3) is 0.419. The molecular formula is C43H45N7O15S. The van der Waals surface area contributed by atoms with Gasteiger partial charge in [0.05, 0.1) is 32.8 Å². The van der Waals surface area contributed by atoms with Gasteiger partial charge in [-0.25, -0.2) is 14.4 Å². The summed E-state index contributed by atoms with van der Waals surface area (Å²) >= 11 is 1.21. The maximum Gasteiger partial charge on any atom is 0.410 e. The summed E-state index contributed by atoms with van der Waals surface area (Å²) in [4.78, 5) is 107. The van der Waals surface area contributed by atoms with Gasteiger partial charge in [0.2, 0.25) is 11.8 Å². The molecule has 0 aliphatic carbocycles. The summed E-state index contributed by atoms with van der Waals surface area (Å²) in [5.74, 6) is -3.02. The number of hydrogen-bond acceptors (Lipinski definition) is 16. The number of fused-ring (bicyclic) bond motifs is 1. The molecule has 22 nitrogen and oxygen atoms in total. The van der Waals surface area contributed by atoms with Crippen molar-refractivity contribution >= 4 is 58.8 Å². The number of likely N-dealkylation sites (tertiary alicyclic amines) is 1. The second-order valence-electron chi connectivity index (χ2n) is 16.4. The van der Waals surface area contributed by atoms with Gasteiger partial charge in [0.15, 0.2) is 0 Å². The van der Waals surface area contributed by atoms with Crippen LogP contribution in [0.3, 0.4) is 0 Å². The van der Waals surface area contributed by atoms with Crippen LogP contribution >= 0.6 is 11.8 Å². The minimum atomic E-state index is -1.07. The predicted molar refractivity (Wildman–Crippen MR) is 231 cm³/mol. The van der Waals surface area contributed by atoms with E-state index in [1.54, 1.807) is 6.92 Å². The number of nitrogens with zero attached hydrogens (tertiary/aromatic N) is 7. The van der Waals surface area contributed by atoms with Gasteiger partial charge in [-0.05, 0) is 73.4 Å². The second kappa shape index (κ2) is 19.5. The Bertz CT molecular complexity index is 2450. The molecule has 3 aromatic rings. The quantitative estimate of drug-likeness (QED) is 0.0739. The average molecular weight is 932 g/mol. The maximum absolute atomic E-state index is 14.5. The minimum Gasteiger partial charge on any atom is -0.456 e. The number of nitro groups is 3. The van der Waals surface area contributed by atoms with Crippen molar-refractivity contribution in [2.45, 2.75) is 76.5 Å². The number of amides is 4. The third-order valence-corrected chi connectivity index (χ3v) is 13.6. The Labute approximate surface area is 380 Å². The molecule has 66 heavy (non-hydrogen) atoms. The topological polar surface area (TPSA) is 276 Å². The molecule has 7 rings (SSSR count). The SMILES string of the molecule is C[C@@H](O)[C@H]1C(=O)N2C(C(=O)OCc3ccc([N+](=O)[O-])cc3)=C(S[C@H]3C[C@@H](C(=O)N4CCN(C(=O)OCc5ccc([N+](=O)[O-])cc5)[C@@H](C)C4)N(C(=O)OCc4ccc([N+](=O)[O-])cc4)C3)[C@H](C)[C@H]12. The second-order valence-corrected chi connectivity index (χ2v) is 17.7. The molecule has 0 saturated carbocycles. The van der Waals surface area contributed by atoms with Crippen molar-refractivity contribution in [1.82, 2.24) is 19.6 Å². The van der Waals surface area contributed by atoms with Gasteiger partial charge in [0, 0.05) is 84.7 Å². The van der Waals surface area contributed by atoms with E-state index in [4.69, 9.17) is 14.2 Å². The number of piperazine rings is 1. The Morgan fingerprint density at radius 3 is 1.65 bits per heavy atom. The molecule has 3 saturated heterocycles. The Morgan fingerprint density at radius 1 is 0.727 bits per heavy atom. The number of rotatable bonds is 14. The zero-order valence-electron chi connectivity index (χ0n) is 35.8. The van der Waals surface area contributed by atoms with Crippen LogP contribution in [0.15, 0.2) is 83.4 Å². The molecule has 23 heteroatoms. The number of aliphatic hydroxyl groups is 1. The number of carbonyl (C=O) groups is 5. The number of thioether (sulfide) groups is 1. The summed E-state index contributed by atoms with van der Waals surface area (Å²) in [5, 5.41) is 43.3. The van der Waals surface area contributed by atoms with Gasteiger partial charge < -0.3 is 34.0 Å². The van der Waals surface area contributed by atoms with Crippen LogP contribution in [0.5, 0.6) is 0 Å². The van der Waals surface area contributed by atoms with Crippen molar-refractivity contribution in [2.24, 2.45) is 11.8 Å². The monoisotopic (exact) mass is 931 g/mol. The molecule has 4 aliphatic heterocycles. The summed E-state index contributed by atoms with van der Waals surface area (Å²) < 4.78 is 16.8. The molecule has 0 radical (unpaired) electrons. The minimum absolute atomic E-state index is 0.0335. The zero-order valence-corrected chi connectivity index (χ0v) is 36.6. The van der Waals surface area contributed by atoms with E-state index in [2.05, 4.69) is 0 Å². The molecular weight excluding hydrogens is 887 g/mol. The average Bonchev–Trinajstić information content (AvgIpc) is 3.82. The van der Waals surface area contributed by atoms with E-state index in [-0.39, 0.29) is 75.2 Å². The molecule has 4 heterocycles. The molecule has 0 aromatic heterocycles. The lowest BCUT2D eigenvalue weighted by Gasteiger charge is -2.46. The van der Waals surface area contributed by atoms with E-state index in [0.29, 0.717) is 21.6 Å². The van der Waals surface area contributed by atoms with Crippen LogP contribution in [-0.2, 0) is 48.4 Å². The first-order valence-electron chi connectivity index (χ1n) is 20.9. The van der Waals surface area contributed by atoms with E-state index in [9.17, 15) is 59.4 Å². The molecule has 0 spiro atoms. The largest absolute Gasteiger partial charge is 0.456 e. The van der Waals surface area contributed by atoms with E-state index >= 15 is 0 Å². The lowest BCUT2D eigenvalue weighted by Crippen LogP contribution is -2.63. The lowest BCUT2D eigenvalue weighted by molar-refractivity contribution is -0.385. The van der Waals surface area contributed by atoms with Gasteiger partial charge in [0.1, 0.15) is 31.6 Å². The normalized spacial score (nSPS) is 22.9. The number of aliphatic hydroxyl groups excluding tert-OH is 1. The van der Waals surface area contributed by atoms with Crippen molar-refractivity contribution < 1.29 is 58.1 Å². The Balaban J connectivity index is 1.08. The highest BCUT2D eigenvalue weighted by molar-refractivity contribution is 8.03. The van der Waals surface area contributed by atoms with Crippen LogP contribution in [0.25, 0.3) is 0 Å². The third kappa shape index (κ3) is 9.76. The summed E-state index contributed by atoms with van der Waals surface area (Å²) in [6, 6.07) is 14.2. The van der Waals surface area contributed by atoms with Crippen LogP contribution < -0.4 is 0 Å². The number of hydrogen-bond donors (Lipinski definition) is 1. The first-order chi connectivity index (χ1) is 31.4. The van der Waals surface area contributed by atoms with Gasteiger partial charge in [-0.2, -0.15) is 0 Å². The molecule has 3 fully saturated rings. The van der Waals surface area contributed by atoms with Crippen LogP contribution in [0.2, 0.25) is 0 Å². The molecule has 1 N–H and O–H groups in total. The highest BCUT2D eigenvalue weighted by Gasteiger charge is 2.61. The number of β-lactam (4-membered cyclic amide) rings is 1. The standard InChI is InChI=1S/C43H45N7O15S/c1-24-19-44(16-17-45(24)42(55)64-22-28-6-12-31(13-7-28)49(59)60)39(52)34-18-33(20-46(34)43(56)65-23-29-8-14-32(15-9-29)50(61)62)66-38-25(2)36-35(26(3)51)40(53)47(36)37(38)41(54)63-21-27-4-10-30(11-5-27)48(57)58/h4-15,24-26,33-36,51H,16-23H2,1-3H3/t24-,25+,26+,33-,34-,35+,36+/m0/s1. The first-order valence-corrected chi connectivity index (χ1v) is 21.8. The maximum atomic E-state index is 14.5. The van der Waals surface area contributed by atoms with Crippen molar-refractivity contribution in [3.05, 3.63) is 130 Å². The van der Waals surface area contributed by atoms with Crippen molar-refractivity contribution in [1.29, 1.82) is 0 Å². The van der Waals surface area contributed by atoms with Crippen LogP contribution in [0.1, 0.15) is 43.9 Å². The Kier molecular flexibility index (Phi) is 13.9. The molecule has 4 amide bonds. The van der Waals surface area contributed by atoms with Gasteiger partial charge in [0.25, 0.3) is 17.1 Å². The summed E-state index contributed by atoms with van der Waals surface area (Å²) in [6.45, 7) is 4.58. The first kappa shape index (κ1) is 46.8. The summed E-state index contributed by atoms with van der Waals surface area (Å²) in [5.41, 5.74) is 1.00. The highest BCUT2D eigenvalue weighted by atomic mass is 32.2. The summed E-state index contributed by atoms with van der Waals surface area (Å²) in [6.07, 6.45) is -2.44. The van der Waals surface area contributed by atoms with Gasteiger partial charge in [-0.1, -0.05) is 6.92 Å². The molecule has 7 atom stereocenters. The van der Waals surface area contributed by atoms with Gasteiger partial charge >= 0.3 is 18.2 Å². The molecule has 0 unspecified atom stereocenters. The van der Waals surface area contributed by atoms with E-state index in [1.165, 1.54) is 111 Å². The van der Waals surface area contributed by atoms with Gasteiger partial charge in [-0.3, -0.25) is 44.8 Å².